The number of rotatable bonds is 2. The zero-order chi connectivity index (χ0) is 9.97. The van der Waals surface area contributed by atoms with Gasteiger partial charge in [-0.3, -0.25) is 0 Å². The van der Waals surface area contributed by atoms with E-state index in [4.69, 9.17) is 23.4 Å². The van der Waals surface area contributed by atoms with Crippen molar-refractivity contribution in [3.63, 3.8) is 0 Å². The van der Waals surface area contributed by atoms with E-state index in [1.54, 1.807) is 6.20 Å². The third-order valence-corrected chi connectivity index (χ3v) is 2.51. The molecule has 0 unspecified atom stereocenters. The molecule has 0 aliphatic heterocycles. The SMILES string of the molecule is Clc1nc(Cc2ccccc2)cn1Cl. The lowest BCUT2D eigenvalue weighted by Crippen LogP contribution is -1.86. The summed E-state index contributed by atoms with van der Waals surface area (Å²) < 4.78 is 1.29. The summed E-state index contributed by atoms with van der Waals surface area (Å²) in [5, 5.41) is 0.303. The number of imidazole rings is 1. The minimum atomic E-state index is 0.303. The van der Waals surface area contributed by atoms with Gasteiger partial charge in [0.15, 0.2) is 0 Å². The normalized spacial score (nSPS) is 10.4. The van der Waals surface area contributed by atoms with Gasteiger partial charge in [-0.2, -0.15) is 0 Å². The van der Waals surface area contributed by atoms with Gasteiger partial charge in [0.05, 0.1) is 5.69 Å². The maximum atomic E-state index is 5.72. The maximum absolute atomic E-state index is 5.72. The lowest BCUT2D eigenvalue weighted by molar-refractivity contribution is 1.11. The van der Waals surface area contributed by atoms with Crippen LogP contribution in [0.3, 0.4) is 0 Å². The van der Waals surface area contributed by atoms with Gasteiger partial charge >= 0.3 is 0 Å². The molecule has 1 heterocycles. The second-order valence-electron chi connectivity index (χ2n) is 2.97. The minimum Gasteiger partial charge on any atom is -0.232 e. The maximum Gasteiger partial charge on any atom is 0.217 e. The van der Waals surface area contributed by atoms with E-state index < -0.39 is 0 Å². The highest BCUT2D eigenvalue weighted by molar-refractivity contribution is 6.32. The van der Waals surface area contributed by atoms with Gasteiger partial charge < -0.3 is 0 Å². The monoisotopic (exact) mass is 226 g/mol. The average Bonchev–Trinajstić information content (AvgIpc) is 2.47. The molecule has 1 aromatic heterocycles. The van der Waals surface area contributed by atoms with Gasteiger partial charge in [0, 0.05) is 24.4 Å². The predicted molar refractivity (Wildman–Crippen MR) is 57.7 cm³/mol. The molecule has 14 heavy (non-hydrogen) atoms. The smallest absolute Gasteiger partial charge is 0.217 e. The van der Waals surface area contributed by atoms with Crippen molar-refractivity contribution in [1.82, 2.24) is 9.07 Å². The van der Waals surface area contributed by atoms with Gasteiger partial charge in [0.25, 0.3) is 0 Å². The highest BCUT2D eigenvalue weighted by Crippen LogP contribution is 2.13. The summed E-state index contributed by atoms with van der Waals surface area (Å²) in [5.41, 5.74) is 2.06. The van der Waals surface area contributed by atoms with Gasteiger partial charge in [0.2, 0.25) is 5.28 Å². The molecule has 0 atom stereocenters. The zero-order valence-electron chi connectivity index (χ0n) is 7.32. The second-order valence-corrected chi connectivity index (χ2v) is 3.68. The molecule has 0 spiro atoms. The Kier molecular flexibility index (Phi) is 2.75. The van der Waals surface area contributed by atoms with Crippen LogP contribution in [0, 0.1) is 0 Å². The molecule has 0 N–H and O–H groups in total. The Morgan fingerprint density at radius 3 is 2.50 bits per heavy atom. The fraction of sp³-hybridized carbons (Fsp3) is 0.100. The first-order valence-electron chi connectivity index (χ1n) is 4.19. The summed E-state index contributed by atoms with van der Waals surface area (Å²) in [6.45, 7) is 0. The standard InChI is InChI=1S/C10H8Cl2N2/c11-10-13-9(7-14(10)12)6-8-4-2-1-3-5-8/h1-5,7H,6H2. The van der Waals surface area contributed by atoms with Crippen LogP contribution in [0.5, 0.6) is 0 Å². The van der Waals surface area contributed by atoms with Crippen LogP contribution in [0.2, 0.25) is 5.28 Å². The van der Waals surface area contributed by atoms with Crippen LogP contribution in [0.1, 0.15) is 11.3 Å². The molecule has 0 aliphatic carbocycles. The Bertz CT molecular complexity index is 403. The van der Waals surface area contributed by atoms with Crippen LogP contribution in [0.25, 0.3) is 0 Å². The van der Waals surface area contributed by atoms with E-state index in [2.05, 4.69) is 4.98 Å². The number of halogens is 2. The van der Waals surface area contributed by atoms with Crippen LogP contribution in [-0.4, -0.2) is 9.07 Å². The summed E-state index contributed by atoms with van der Waals surface area (Å²) in [4.78, 5) is 4.10. The molecule has 0 bridgehead atoms. The number of nitrogens with zero attached hydrogens (tertiary/aromatic N) is 2. The molecule has 2 aromatic rings. The summed E-state index contributed by atoms with van der Waals surface area (Å²) >= 11 is 11.4. The van der Waals surface area contributed by atoms with Crippen LogP contribution in [0.4, 0.5) is 0 Å². The average molecular weight is 227 g/mol. The van der Waals surface area contributed by atoms with Gasteiger partial charge in [0.1, 0.15) is 0 Å². The number of benzene rings is 1. The quantitative estimate of drug-likeness (QED) is 0.770. The molecule has 0 fully saturated rings. The number of hydrogen-bond acceptors (Lipinski definition) is 1. The Labute approximate surface area is 92.2 Å². The van der Waals surface area contributed by atoms with Crippen molar-refractivity contribution in [2.24, 2.45) is 0 Å². The molecule has 0 saturated heterocycles. The van der Waals surface area contributed by atoms with Crippen LogP contribution < -0.4 is 0 Å². The Hall–Kier alpha value is -0.990. The minimum absolute atomic E-state index is 0.303. The lowest BCUT2D eigenvalue weighted by Gasteiger charge is -1.95. The van der Waals surface area contributed by atoms with Crippen molar-refractivity contribution in [2.45, 2.75) is 6.42 Å². The molecule has 0 saturated carbocycles. The molecule has 4 heteroatoms. The molecule has 72 valence electrons. The lowest BCUT2D eigenvalue weighted by atomic mass is 10.1. The van der Waals surface area contributed by atoms with Gasteiger partial charge in [-0.05, 0) is 17.2 Å². The predicted octanol–water partition coefficient (Wildman–Crippen LogP) is 3.13. The zero-order valence-corrected chi connectivity index (χ0v) is 8.83. The van der Waals surface area contributed by atoms with E-state index in [-0.39, 0.29) is 0 Å². The Balaban J connectivity index is 2.19. The molecule has 2 rings (SSSR count). The number of hydrogen-bond donors (Lipinski definition) is 0. The highest BCUT2D eigenvalue weighted by Gasteiger charge is 2.04. The largest absolute Gasteiger partial charge is 0.232 e. The first-order valence-corrected chi connectivity index (χ1v) is 4.91. The summed E-state index contributed by atoms with van der Waals surface area (Å²) in [5.74, 6) is 0. The summed E-state index contributed by atoms with van der Waals surface area (Å²) in [6.07, 6.45) is 2.47. The van der Waals surface area contributed by atoms with Crippen LogP contribution in [-0.2, 0) is 6.42 Å². The molecule has 1 aromatic carbocycles. The van der Waals surface area contributed by atoms with Gasteiger partial charge in [-0.1, -0.05) is 30.3 Å². The van der Waals surface area contributed by atoms with E-state index in [1.807, 2.05) is 30.3 Å². The van der Waals surface area contributed by atoms with E-state index in [0.717, 1.165) is 12.1 Å². The van der Waals surface area contributed by atoms with Crippen molar-refractivity contribution in [3.8, 4) is 0 Å². The number of aromatic nitrogens is 2. The Morgan fingerprint density at radius 2 is 1.93 bits per heavy atom. The van der Waals surface area contributed by atoms with Crippen LogP contribution >= 0.6 is 23.4 Å². The fourth-order valence-electron chi connectivity index (χ4n) is 1.27. The van der Waals surface area contributed by atoms with Crippen molar-refractivity contribution in [3.05, 3.63) is 53.1 Å². The molecular weight excluding hydrogens is 219 g/mol. The highest BCUT2D eigenvalue weighted by atomic mass is 35.5. The van der Waals surface area contributed by atoms with Crippen molar-refractivity contribution >= 4 is 23.4 Å². The van der Waals surface area contributed by atoms with E-state index in [9.17, 15) is 0 Å². The van der Waals surface area contributed by atoms with E-state index in [0.29, 0.717) is 5.28 Å². The van der Waals surface area contributed by atoms with E-state index in [1.165, 1.54) is 9.65 Å². The van der Waals surface area contributed by atoms with Crippen LogP contribution in [0.15, 0.2) is 36.5 Å². The summed E-state index contributed by atoms with van der Waals surface area (Å²) in [7, 11) is 0. The third-order valence-electron chi connectivity index (χ3n) is 1.90. The van der Waals surface area contributed by atoms with Gasteiger partial charge in [-0.25, -0.2) is 9.07 Å². The van der Waals surface area contributed by atoms with Crippen molar-refractivity contribution < 1.29 is 0 Å². The van der Waals surface area contributed by atoms with Crippen molar-refractivity contribution in [1.29, 1.82) is 0 Å². The molecule has 0 radical (unpaired) electrons. The Morgan fingerprint density at radius 1 is 1.21 bits per heavy atom. The fourth-order valence-corrected chi connectivity index (χ4v) is 1.58. The van der Waals surface area contributed by atoms with E-state index >= 15 is 0 Å². The molecule has 0 amide bonds. The second kappa shape index (κ2) is 4.03. The third kappa shape index (κ3) is 2.08. The molecule has 2 nitrogen and oxygen atoms in total. The molecule has 0 aliphatic rings. The first kappa shape index (κ1) is 9.56. The van der Waals surface area contributed by atoms with Gasteiger partial charge in [-0.15, -0.1) is 0 Å². The first-order chi connectivity index (χ1) is 6.75. The molecular formula is C10H8Cl2N2. The van der Waals surface area contributed by atoms with Crippen molar-refractivity contribution in [2.75, 3.05) is 0 Å². The topological polar surface area (TPSA) is 17.8 Å². The summed E-state index contributed by atoms with van der Waals surface area (Å²) in [6, 6.07) is 10.1.